The Bertz CT molecular complexity index is 817. The molecule has 25 heavy (non-hydrogen) atoms. The lowest BCUT2D eigenvalue weighted by Crippen LogP contribution is -2.22. The number of fused-ring (bicyclic) bond motifs is 1. The van der Waals surface area contributed by atoms with Gasteiger partial charge in [-0.15, -0.1) is 11.3 Å². The van der Waals surface area contributed by atoms with Crippen molar-refractivity contribution in [3.8, 4) is 5.75 Å². The number of amides is 1. The molecule has 130 valence electrons. The zero-order valence-corrected chi connectivity index (χ0v) is 14.1. The van der Waals surface area contributed by atoms with Gasteiger partial charge in [0.05, 0.1) is 15.2 Å². The van der Waals surface area contributed by atoms with Gasteiger partial charge in [0.25, 0.3) is 0 Å². The predicted octanol–water partition coefficient (Wildman–Crippen LogP) is 4.15. The lowest BCUT2D eigenvalue weighted by atomic mass is 10.2. The topological polar surface area (TPSA) is 51.2 Å². The van der Waals surface area contributed by atoms with Crippen LogP contribution in [0.4, 0.5) is 8.78 Å². The van der Waals surface area contributed by atoms with Gasteiger partial charge in [0.1, 0.15) is 5.75 Å². The number of nitrogens with one attached hydrogen (secondary N) is 1. The molecule has 0 aliphatic rings. The molecular weight excluding hydrogens is 346 g/mol. The summed E-state index contributed by atoms with van der Waals surface area (Å²) in [5, 5.41) is 3.75. The van der Waals surface area contributed by atoms with Gasteiger partial charge in [-0.2, -0.15) is 8.78 Å². The summed E-state index contributed by atoms with van der Waals surface area (Å²) in [6, 6.07) is 14.1. The third-order valence-electron chi connectivity index (χ3n) is 3.54. The summed E-state index contributed by atoms with van der Waals surface area (Å²) in [6.07, 6.45) is 0.943. The van der Waals surface area contributed by atoms with Crippen molar-refractivity contribution in [3.05, 3.63) is 59.1 Å². The van der Waals surface area contributed by atoms with Gasteiger partial charge in [0, 0.05) is 19.4 Å². The van der Waals surface area contributed by atoms with Crippen molar-refractivity contribution >= 4 is 27.5 Å². The van der Waals surface area contributed by atoms with Crippen LogP contribution in [-0.2, 0) is 17.8 Å². The molecule has 0 spiro atoms. The van der Waals surface area contributed by atoms with Crippen LogP contribution in [-0.4, -0.2) is 17.5 Å². The number of ether oxygens (including phenoxy) is 1. The summed E-state index contributed by atoms with van der Waals surface area (Å²) in [5.41, 5.74) is 1.77. The Morgan fingerprint density at radius 3 is 2.64 bits per heavy atom. The summed E-state index contributed by atoms with van der Waals surface area (Å²) in [6.45, 7) is -2.50. The van der Waals surface area contributed by atoms with E-state index in [2.05, 4.69) is 15.0 Å². The maximum absolute atomic E-state index is 12.1. The minimum Gasteiger partial charge on any atom is -0.435 e. The van der Waals surface area contributed by atoms with Gasteiger partial charge in [-0.3, -0.25) is 4.79 Å². The molecule has 1 amide bonds. The van der Waals surface area contributed by atoms with Gasteiger partial charge in [0.2, 0.25) is 5.91 Å². The van der Waals surface area contributed by atoms with Gasteiger partial charge < -0.3 is 10.1 Å². The molecule has 0 unspecified atom stereocenters. The SMILES string of the molecule is O=C(CCc1nc2ccccc2s1)NCc1ccc(OC(F)F)cc1. The Hall–Kier alpha value is -2.54. The number of hydrogen-bond acceptors (Lipinski definition) is 4. The second-order valence-electron chi connectivity index (χ2n) is 5.37. The standard InChI is InChI=1S/C18H16F2N2O2S/c19-18(20)24-13-7-5-12(6-8-13)11-21-16(23)9-10-17-22-14-3-1-2-4-15(14)25-17/h1-8,18H,9-11H2,(H,21,23). The number of aryl methyl sites for hydroxylation is 1. The summed E-state index contributed by atoms with van der Waals surface area (Å²) >= 11 is 1.59. The zero-order chi connectivity index (χ0) is 17.6. The Labute approximate surface area is 147 Å². The number of para-hydroxylation sites is 1. The molecule has 7 heteroatoms. The van der Waals surface area contributed by atoms with E-state index >= 15 is 0 Å². The highest BCUT2D eigenvalue weighted by Crippen LogP contribution is 2.22. The number of alkyl halides is 2. The molecule has 2 aromatic carbocycles. The summed E-state index contributed by atoms with van der Waals surface area (Å²) in [5.74, 6) is 0.0214. The number of benzene rings is 2. The van der Waals surface area contributed by atoms with Crippen LogP contribution in [0.15, 0.2) is 48.5 Å². The van der Waals surface area contributed by atoms with E-state index < -0.39 is 6.61 Å². The number of halogens is 2. The zero-order valence-electron chi connectivity index (χ0n) is 13.2. The molecule has 0 fully saturated rings. The van der Waals surface area contributed by atoms with E-state index in [1.54, 1.807) is 23.5 Å². The van der Waals surface area contributed by atoms with Crippen LogP contribution in [0.3, 0.4) is 0 Å². The number of thiazole rings is 1. The Morgan fingerprint density at radius 1 is 1.16 bits per heavy atom. The van der Waals surface area contributed by atoms with Crippen LogP contribution < -0.4 is 10.1 Å². The first-order valence-electron chi connectivity index (χ1n) is 7.75. The van der Waals surface area contributed by atoms with Crippen molar-refractivity contribution in [3.63, 3.8) is 0 Å². The number of rotatable bonds is 7. The van der Waals surface area contributed by atoms with Crippen molar-refractivity contribution in [2.24, 2.45) is 0 Å². The smallest absolute Gasteiger partial charge is 0.387 e. The molecule has 3 rings (SSSR count). The highest BCUT2D eigenvalue weighted by molar-refractivity contribution is 7.18. The molecule has 1 N–H and O–H groups in total. The Balaban J connectivity index is 1.46. The Kier molecular flexibility index (Phi) is 5.55. The molecule has 1 heterocycles. The van der Waals surface area contributed by atoms with E-state index in [1.807, 2.05) is 24.3 Å². The van der Waals surface area contributed by atoms with E-state index in [0.29, 0.717) is 19.4 Å². The van der Waals surface area contributed by atoms with Crippen LogP contribution >= 0.6 is 11.3 Å². The lowest BCUT2D eigenvalue weighted by molar-refractivity contribution is -0.121. The lowest BCUT2D eigenvalue weighted by Gasteiger charge is -2.07. The summed E-state index contributed by atoms with van der Waals surface area (Å²) in [7, 11) is 0. The van der Waals surface area contributed by atoms with E-state index in [1.165, 1.54) is 12.1 Å². The van der Waals surface area contributed by atoms with Crippen LogP contribution in [0.5, 0.6) is 5.75 Å². The fraction of sp³-hybridized carbons (Fsp3) is 0.222. The molecule has 4 nitrogen and oxygen atoms in total. The average molecular weight is 362 g/mol. The Morgan fingerprint density at radius 2 is 1.92 bits per heavy atom. The van der Waals surface area contributed by atoms with Crippen molar-refractivity contribution < 1.29 is 18.3 Å². The third-order valence-corrected chi connectivity index (χ3v) is 4.64. The first kappa shape index (κ1) is 17.3. The molecule has 1 aromatic heterocycles. The van der Waals surface area contributed by atoms with Crippen molar-refractivity contribution in [1.82, 2.24) is 10.3 Å². The van der Waals surface area contributed by atoms with Crippen LogP contribution in [0.2, 0.25) is 0 Å². The van der Waals surface area contributed by atoms with Gasteiger partial charge in [0.15, 0.2) is 0 Å². The highest BCUT2D eigenvalue weighted by Gasteiger charge is 2.07. The fourth-order valence-corrected chi connectivity index (χ4v) is 3.29. The quantitative estimate of drug-likeness (QED) is 0.687. The summed E-state index contributed by atoms with van der Waals surface area (Å²) < 4.78 is 29.6. The summed E-state index contributed by atoms with van der Waals surface area (Å²) in [4.78, 5) is 16.5. The largest absolute Gasteiger partial charge is 0.435 e. The first-order chi connectivity index (χ1) is 12.1. The maximum atomic E-state index is 12.1. The van der Waals surface area contributed by atoms with Crippen LogP contribution in [0.25, 0.3) is 10.2 Å². The molecule has 0 bridgehead atoms. The van der Waals surface area contributed by atoms with Gasteiger partial charge in [-0.05, 0) is 29.8 Å². The predicted molar refractivity (Wildman–Crippen MR) is 92.9 cm³/mol. The molecule has 0 atom stereocenters. The number of carbonyl (C=O) groups is 1. The van der Waals surface area contributed by atoms with Gasteiger partial charge in [-0.25, -0.2) is 4.98 Å². The number of nitrogens with zero attached hydrogens (tertiary/aromatic N) is 1. The highest BCUT2D eigenvalue weighted by atomic mass is 32.1. The molecule has 0 aliphatic carbocycles. The normalized spacial score (nSPS) is 11.0. The van der Waals surface area contributed by atoms with Crippen LogP contribution in [0, 0.1) is 0 Å². The molecular formula is C18H16F2N2O2S. The van der Waals surface area contributed by atoms with Gasteiger partial charge >= 0.3 is 6.61 Å². The molecule has 0 aliphatic heterocycles. The number of hydrogen-bond donors (Lipinski definition) is 1. The molecule has 0 saturated heterocycles. The van der Waals surface area contributed by atoms with Gasteiger partial charge in [-0.1, -0.05) is 24.3 Å². The minimum atomic E-state index is -2.84. The van der Waals surface area contributed by atoms with E-state index in [9.17, 15) is 13.6 Å². The van der Waals surface area contributed by atoms with E-state index in [4.69, 9.17) is 0 Å². The average Bonchev–Trinajstić information content (AvgIpc) is 3.02. The second kappa shape index (κ2) is 8.02. The van der Waals surface area contributed by atoms with Crippen LogP contribution in [0.1, 0.15) is 17.0 Å². The van der Waals surface area contributed by atoms with E-state index in [0.717, 1.165) is 20.8 Å². The van der Waals surface area contributed by atoms with Crippen molar-refractivity contribution in [2.75, 3.05) is 0 Å². The van der Waals surface area contributed by atoms with Crippen molar-refractivity contribution in [2.45, 2.75) is 26.0 Å². The third kappa shape index (κ3) is 4.96. The molecule has 0 saturated carbocycles. The van der Waals surface area contributed by atoms with E-state index in [-0.39, 0.29) is 11.7 Å². The first-order valence-corrected chi connectivity index (χ1v) is 8.57. The molecule has 0 radical (unpaired) electrons. The monoisotopic (exact) mass is 362 g/mol. The second-order valence-corrected chi connectivity index (χ2v) is 6.49. The number of aromatic nitrogens is 1. The number of carbonyl (C=O) groups excluding carboxylic acids is 1. The fourth-order valence-electron chi connectivity index (χ4n) is 2.33. The molecule has 3 aromatic rings. The van der Waals surface area contributed by atoms with Crippen molar-refractivity contribution in [1.29, 1.82) is 0 Å². The minimum absolute atomic E-state index is 0.0767. The maximum Gasteiger partial charge on any atom is 0.387 e.